The Morgan fingerprint density at radius 2 is 1.65 bits per heavy atom. The van der Waals surface area contributed by atoms with Crippen molar-refractivity contribution in [3.8, 4) is 0 Å². The third kappa shape index (κ3) is 4.24. The summed E-state index contributed by atoms with van der Waals surface area (Å²) in [4.78, 5) is 14.2. The van der Waals surface area contributed by atoms with Gasteiger partial charge in [-0.05, 0) is 43.5 Å². The van der Waals surface area contributed by atoms with Crippen LogP contribution in [0.1, 0.15) is 5.56 Å². The van der Waals surface area contributed by atoms with E-state index in [1.165, 1.54) is 0 Å². The van der Waals surface area contributed by atoms with Crippen LogP contribution in [0.4, 0.5) is 5.69 Å². The Balaban J connectivity index is 1.70. The number of carbonyl (C=O) groups is 1. The van der Waals surface area contributed by atoms with Gasteiger partial charge in [0.2, 0.25) is 15.7 Å². The molecule has 0 unspecified atom stereocenters. The molecule has 1 aromatic heterocycles. The van der Waals surface area contributed by atoms with Crippen LogP contribution in [0.2, 0.25) is 0 Å². The van der Waals surface area contributed by atoms with E-state index in [0.29, 0.717) is 10.9 Å². The number of nitrogens with one attached hydrogen (secondary N) is 1. The topological polar surface area (TPSA) is 68.2 Å². The molecule has 5 nitrogen and oxygen atoms in total. The zero-order chi connectivity index (χ0) is 22.0. The van der Waals surface area contributed by atoms with Crippen LogP contribution in [0.25, 0.3) is 10.9 Å². The van der Waals surface area contributed by atoms with Crippen LogP contribution in [0.5, 0.6) is 0 Å². The first kappa shape index (κ1) is 21.2. The molecule has 0 saturated carbocycles. The number of aromatic nitrogens is 1. The number of nitrogens with zero attached hydrogens (tertiary/aromatic N) is 1. The molecule has 3 aromatic carbocycles. The fourth-order valence-corrected chi connectivity index (χ4v) is 5.52. The summed E-state index contributed by atoms with van der Waals surface area (Å²) in [6.07, 6.45) is 3.51. The molecule has 0 aliphatic rings. The van der Waals surface area contributed by atoms with Crippen molar-refractivity contribution in [2.24, 2.45) is 0 Å². The molecule has 0 aliphatic heterocycles. The summed E-state index contributed by atoms with van der Waals surface area (Å²) < 4.78 is 28.3. The SMILES string of the molecule is CSc1ccccc1NC(=O)Cn1cc(S(=O)(=O)c2ccc(C)cc2)c2ccccc21. The monoisotopic (exact) mass is 450 g/mol. The van der Waals surface area contributed by atoms with Gasteiger partial charge in [0.05, 0.1) is 15.5 Å². The van der Waals surface area contributed by atoms with Gasteiger partial charge in [0.1, 0.15) is 6.54 Å². The van der Waals surface area contributed by atoms with Crippen molar-refractivity contribution in [1.29, 1.82) is 0 Å². The van der Waals surface area contributed by atoms with E-state index in [1.807, 2.05) is 49.6 Å². The summed E-state index contributed by atoms with van der Waals surface area (Å²) in [6, 6.07) is 21.6. The molecule has 0 aliphatic carbocycles. The lowest BCUT2D eigenvalue weighted by Gasteiger charge is -2.10. The molecule has 31 heavy (non-hydrogen) atoms. The van der Waals surface area contributed by atoms with Crippen molar-refractivity contribution >= 4 is 44.1 Å². The minimum absolute atomic E-state index is 0.00659. The highest BCUT2D eigenvalue weighted by Crippen LogP contribution is 2.31. The second kappa shape index (κ2) is 8.61. The van der Waals surface area contributed by atoms with E-state index in [2.05, 4.69) is 5.32 Å². The maximum absolute atomic E-state index is 13.3. The molecule has 4 rings (SSSR count). The molecule has 158 valence electrons. The molecule has 1 heterocycles. The average molecular weight is 451 g/mol. The van der Waals surface area contributed by atoms with Crippen molar-refractivity contribution in [2.75, 3.05) is 11.6 Å². The number of rotatable bonds is 6. The van der Waals surface area contributed by atoms with Crippen LogP contribution in [0, 0.1) is 6.92 Å². The fraction of sp³-hybridized carbons (Fsp3) is 0.125. The van der Waals surface area contributed by atoms with E-state index in [4.69, 9.17) is 0 Å². The normalized spacial score (nSPS) is 11.5. The molecule has 7 heteroatoms. The fourth-order valence-electron chi connectivity index (χ4n) is 3.49. The Labute approximate surface area is 186 Å². The summed E-state index contributed by atoms with van der Waals surface area (Å²) in [5.41, 5.74) is 2.43. The maximum atomic E-state index is 13.3. The molecule has 0 atom stereocenters. The van der Waals surface area contributed by atoms with Crippen LogP contribution < -0.4 is 5.32 Å². The first-order chi connectivity index (χ1) is 14.9. The molecular formula is C24H22N2O3S2. The van der Waals surface area contributed by atoms with Crippen LogP contribution >= 0.6 is 11.8 Å². The van der Waals surface area contributed by atoms with E-state index in [0.717, 1.165) is 16.1 Å². The Hall–Kier alpha value is -3.03. The number of fused-ring (bicyclic) bond motifs is 1. The van der Waals surface area contributed by atoms with E-state index in [9.17, 15) is 13.2 Å². The lowest BCUT2D eigenvalue weighted by molar-refractivity contribution is -0.116. The number of carbonyl (C=O) groups excluding carboxylic acids is 1. The number of amides is 1. The zero-order valence-electron chi connectivity index (χ0n) is 17.2. The first-order valence-electron chi connectivity index (χ1n) is 9.72. The van der Waals surface area contributed by atoms with Gasteiger partial charge >= 0.3 is 0 Å². The van der Waals surface area contributed by atoms with Gasteiger partial charge in [-0.1, -0.05) is 48.0 Å². The second-order valence-electron chi connectivity index (χ2n) is 7.20. The number of hydrogen-bond acceptors (Lipinski definition) is 4. The van der Waals surface area contributed by atoms with Crippen LogP contribution in [-0.4, -0.2) is 25.1 Å². The molecule has 1 amide bonds. The number of thioether (sulfide) groups is 1. The highest BCUT2D eigenvalue weighted by Gasteiger charge is 2.24. The Morgan fingerprint density at radius 3 is 2.39 bits per heavy atom. The van der Waals surface area contributed by atoms with Gasteiger partial charge in [0.25, 0.3) is 0 Å². The van der Waals surface area contributed by atoms with Crippen LogP contribution in [-0.2, 0) is 21.2 Å². The smallest absolute Gasteiger partial charge is 0.244 e. The number of sulfone groups is 1. The van der Waals surface area contributed by atoms with Crippen molar-refractivity contribution in [3.63, 3.8) is 0 Å². The van der Waals surface area contributed by atoms with Gasteiger partial charge in [-0.25, -0.2) is 8.42 Å². The summed E-state index contributed by atoms with van der Waals surface area (Å²) in [5, 5.41) is 3.53. The maximum Gasteiger partial charge on any atom is 0.244 e. The number of para-hydroxylation sites is 2. The molecular weight excluding hydrogens is 428 g/mol. The van der Waals surface area contributed by atoms with Crippen molar-refractivity contribution < 1.29 is 13.2 Å². The third-order valence-corrected chi connectivity index (χ3v) is 7.66. The van der Waals surface area contributed by atoms with Gasteiger partial charge in [-0.3, -0.25) is 4.79 Å². The zero-order valence-corrected chi connectivity index (χ0v) is 18.8. The Bertz CT molecular complexity index is 1360. The van der Waals surface area contributed by atoms with Crippen LogP contribution in [0.15, 0.2) is 93.7 Å². The van der Waals surface area contributed by atoms with Gasteiger partial charge in [0.15, 0.2) is 0 Å². The lowest BCUT2D eigenvalue weighted by Crippen LogP contribution is -2.18. The van der Waals surface area contributed by atoms with E-state index in [1.54, 1.807) is 58.9 Å². The van der Waals surface area contributed by atoms with Crippen molar-refractivity contribution in [1.82, 2.24) is 4.57 Å². The van der Waals surface area contributed by atoms with Crippen molar-refractivity contribution in [2.45, 2.75) is 28.2 Å². The van der Waals surface area contributed by atoms with Gasteiger partial charge in [-0.15, -0.1) is 11.8 Å². The predicted octanol–water partition coefficient (Wildman–Crippen LogP) is 5.14. The van der Waals surface area contributed by atoms with E-state index < -0.39 is 9.84 Å². The Kier molecular flexibility index (Phi) is 5.89. The molecule has 0 bridgehead atoms. The standard InChI is InChI=1S/C24H22N2O3S2/c1-17-11-13-18(14-12-17)31(28,29)23-15-26(21-9-5-3-7-19(21)23)16-24(27)25-20-8-4-6-10-22(20)30-2/h3-15H,16H2,1-2H3,(H,25,27). The molecule has 0 radical (unpaired) electrons. The summed E-state index contributed by atoms with van der Waals surface area (Å²) >= 11 is 1.55. The second-order valence-corrected chi connectivity index (χ2v) is 9.97. The van der Waals surface area contributed by atoms with Crippen molar-refractivity contribution in [3.05, 3.63) is 84.6 Å². The van der Waals surface area contributed by atoms with E-state index in [-0.39, 0.29) is 22.2 Å². The summed E-state index contributed by atoms with van der Waals surface area (Å²) in [6.45, 7) is 1.92. The van der Waals surface area contributed by atoms with Crippen LogP contribution in [0.3, 0.4) is 0 Å². The number of aryl methyl sites for hydroxylation is 1. The largest absolute Gasteiger partial charge is 0.337 e. The van der Waals surface area contributed by atoms with Gasteiger partial charge in [0, 0.05) is 22.0 Å². The number of anilines is 1. The predicted molar refractivity (Wildman–Crippen MR) is 125 cm³/mol. The number of hydrogen-bond donors (Lipinski definition) is 1. The summed E-state index contributed by atoms with van der Waals surface area (Å²) in [7, 11) is -3.72. The minimum atomic E-state index is -3.72. The molecule has 0 saturated heterocycles. The highest BCUT2D eigenvalue weighted by molar-refractivity contribution is 7.98. The number of benzene rings is 3. The molecule has 1 N–H and O–H groups in total. The third-order valence-electron chi connectivity index (χ3n) is 5.07. The quantitative estimate of drug-likeness (QED) is 0.413. The summed E-state index contributed by atoms with van der Waals surface area (Å²) in [5.74, 6) is -0.221. The first-order valence-corrected chi connectivity index (χ1v) is 12.4. The molecule has 0 spiro atoms. The molecule has 4 aromatic rings. The lowest BCUT2D eigenvalue weighted by atomic mass is 10.2. The average Bonchev–Trinajstić information content (AvgIpc) is 3.13. The highest BCUT2D eigenvalue weighted by atomic mass is 32.2. The van der Waals surface area contributed by atoms with Gasteiger partial charge in [-0.2, -0.15) is 0 Å². The van der Waals surface area contributed by atoms with E-state index >= 15 is 0 Å². The van der Waals surface area contributed by atoms with Gasteiger partial charge < -0.3 is 9.88 Å². The molecule has 0 fully saturated rings. The Morgan fingerprint density at radius 1 is 0.968 bits per heavy atom. The minimum Gasteiger partial charge on any atom is -0.337 e.